The van der Waals surface area contributed by atoms with Crippen LogP contribution in [0.1, 0.15) is 17.1 Å². The van der Waals surface area contributed by atoms with Crippen LogP contribution < -0.4 is 9.64 Å². The van der Waals surface area contributed by atoms with Gasteiger partial charge in [-0.1, -0.05) is 22.4 Å². The van der Waals surface area contributed by atoms with E-state index in [1.807, 2.05) is 0 Å². The molecule has 0 saturated heterocycles. The molecule has 0 unspecified atom stereocenters. The highest BCUT2D eigenvalue weighted by molar-refractivity contribution is 6.44. The Morgan fingerprint density at radius 2 is 1.88 bits per heavy atom. The topological polar surface area (TPSA) is 112 Å². The van der Waals surface area contributed by atoms with Crippen molar-refractivity contribution in [2.24, 2.45) is 5.16 Å². The molecule has 34 heavy (non-hydrogen) atoms. The summed E-state index contributed by atoms with van der Waals surface area (Å²) < 4.78 is 54.2. The zero-order chi connectivity index (χ0) is 25.0. The van der Waals surface area contributed by atoms with Gasteiger partial charge in [0.25, 0.3) is 0 Å². The van der Waals surface area contributed by atoms with Gasteiger partial charge >= 0.3 is 12.1 Å². The lowest BCUT2D eigenvalue weighted by molar-refractivity contribution is -0.142. The smallest absolute Gasteiger partial charge is 0.436 e. The number of methoxy groups -OCH3 is 1. The number of nitrogens with zero attached hydrogens (tertiary/aromatic N) is 5. The summed E-state index contributed by atoms with van der Waals surface area (Å²) in [4.78, 5) is 27.5. The van der Waals surface area contributed by atoms with Gasteiger partial charge < -0.3 is 23.7 Å². The Balaban J connectivity index is 2.09. The predicted octanol–water partition coefficient (Wildman–Crippen LogP) is 3.84. The Kier molecular flexibility index (Phi) is 7.03. The van der Waals surface area contributed by atoms with Crippen LogP contribution in [0.25, 0.3) is 11.3 Å². The first-order valence-corrected chi connectivity index (χ1v) is 9.63. The maximum Gasteiger partial charge on any atom is 0.436 e. The second-order valence-corrected chi connectivity index (χ2v) is 6.99. The van der Waals surface area contributed by atoms with Crippen molar-refractivity contribution in [2.45, 2.75) is 13.1 Å². The molecule has 0 aliphatic rings. The van der Waals surface area contributed by atoms with Gasteiger partial charge in [-0.3, -0.25) is 0 Å². The fourth-order valence-electron chi connectivity index (χ4n) is 2.88. The first kappa shape index (κ1) is 24.5. The van der Waals surface area contributed by atoms with Crippen molar-refractivity contribution in [1.29, 1.82) is 0 Å². The molecule has 13 heteroatoms. The number of hydrogen-bond donors (Lipinski definition) is 0. The lowest BCUT2D eigenvalue weighted by atomic mass is 10.1. The van der Waals surface area contributed by atoms with Gasteiger partial charge in [0.05, 0.1) is 7.11 Å². The molecule has 0 amide bonds. The first-order chi connectivity index (χ1) is 16.0. The zero-order valence-electron chi connectivity index (χ0n) is 18.8. The van der Waals surface area contributed by atoms with Crippen molar-refractivity contribution < 1.29 is 36.8 Å². The second kappa shape index (κ2) is 9.77. The van der Waals surface area contributed by atoms with Gasteiger partial charge in [0, 0.05) is 25.7 Å². The molecule has 0 saturated carbocycles. The lowest BCUT2D eigenvalue weighted by Crippen LogP contribution is -2.24. The van der Waals surface area contributed by atoms with Crippen molar-refractivity contribution in [1.82, 2.24) is 15.1 Å². The summed E-state index contributed by atoms with van der Waals surface area (Å²) in [5.74, 6) is -0.175. The van der Waals surface area contributed by atoms with Gasteiger partial charge in [-0.05, 0) is 19.1 Å². The van der Waals surface area contributed by atoms with Crippen LogP contribution in [-0.2, 0) is 20.5 Å². The van der Waals surface area contributed by atoms with E-state index >= 15 is 0 Å². The van der Waals surface area contributed by atoms with Crippen molar-refractivity contribution in [3.8, 4) is 23.0 Å². The number of benzene rings is 1. The van der Waals surface area contributed by atoms with Crippen LogP contribution in [-0.4, -0.2) is 55.1 Å². The molecule has 2 aromatic heterocycles. The van der Waals surface area contributed by atoms with Gasteiger partial charge in [-0.2, -0.15) is 18.2 Å². The summed E-state index contributed by atoms with van der Waals surface area (Å²) in [6, 6.07) is 6.83. The van der Waals surface area contributed by atoms with E-state index in [1.54, 1.807) is 38.1 Å². The molecule has 3 rings (SSSR count). The second-order valence-electron chi connectivity index (χ2n) is 6.99. The Labute approximate surface area is 191 Å². The number of aromatic nitrogens is 3. The summed E-state index contributed by atoms with van der Waals surface area (Å²) in [6.45, 7) is 1.62. The lowest BCUT2D eigenvalue weighted by Gasteiger charge is -2.19. The minimum Gasteiger partial charge on any atom is -0.464 e. The summed E-state index contributed by atoms with van der Waals surface area (Å²) >= 11 is 0. The van der Waals surface area contributed by atoms with E-state index in [4.69, 9.17) is 18.8 Å². The average Bonchev–Trinajstić information content (AvgIpc) is 3.28. The monoisotopic (exact) mass is 479 g/mol. The molecule has 0 N–H and O–H groups in total. The number of halogens is 3. The van der Waals surface area contributed by atoms with Crippen LogP contribution in [0.3, 0.4) is 0 Å². The Bertz CT molecular complexity index is 1220. The van der Waals surface area contributed by atoms with Crippen LogP contribution in [0, 0.1) is 6.92 Å². The maximum atomic E-state index is 12.9. The van der Waals surface area contributed by atoms with Crippen LogP contribution in [0.2, 0.25) is 0 Å². The van der Waals surface area contributed by atoms with Gasteiger partial charge in [-0.25, -0.2) is 9.78 Å². The van der Waals surface area contributed by atoms with Crippen LogP contribution in [0.4, 0.5) is 19.0 Å². The molecule has 0 aliphatic heterocycles. The van der Waals surface area contributed by atoms with E-state index in [2.05, 4.69) is 20.3 Å². The average molecular weight is 479 g/mol. The van der Waals surface area contributed by atoms with E-state index in [1.165, 1.54) is 26.4 Å². The van der Waals surface area contributed by atoms with E-state index in [0.717, 1.165) is 6.07 Å². The Hall–Kier alpha value is -4.16. The molecule has 0 radical (unpaired) electrons. The minimum absolute atomic E-state index is 0.0527. The molecule has 0 spiro atoms. The Morgan fingerprint density at radius 1 is 1.15 bits per heavy atom. The number of oxime groups is 1. The number of hydrogen-bond acceptors (Lipinski definition) is 10. The zero-order valence-corrected chi connectivity index (χ0v) is 18.8. The number of carbonyl (C=O) groups is 1. The summed E-state index contributed by atoms with van der Waals surface area (Å²) in [6.07, 6.45) is -4.64. The molecule has 0 atom stereocenters. The van der Waals surface area contributed by atoms with Gasteiger partial charge in [0.1, 0.15) is 30.1 Å². The fourth-order valence-corrected chi connectivity index (χ4v) is 2.88. The number of rotatable bonds is 7. The highest BCUT2D eigenvalue weighted by atomic mass is 19.4. The number of aryl methyl sites for hydroxylation is 1. The molecular formula is C21H20F3N5O5. The molecule has 180 valence electrons. The largest absolute Gasteiger partial charge is 0.464 e. The minimum atomic E-state index is -4.64. The SMILES string of the molecule is CON=C(C(=O)OC)c1c(Oc2cccc(-c3cc(C(F)(F)F)no3)c2)nc(C)nc1N(C)C. The quantitative estimate of drug-likeness (QED) is 0.283. The van der Waals surface area contributed by atoms with E-state index in [0.29, 0.717) is 11.6 Å². The standard InChI is InChI=1S/C21H20F3N5O5/c1-11-25-18(29(2)3)16(17(28-32-5)20(30)31-4)19(26-11)33-13-8-6-7-12(9-13)14-10-15(27-34-14)21(22,23)24/h6-10H,1-5H3. The highest BCUT2D eigenvalue weighted by Gasteiger charge is 2.35. The molecule has 0 bridgehead atoms. The molecule has 0 aliphatic carbocycles. The number of alkyl halides is 3. The maximum absolute atomic E-state index is 12.9. The van der Waals surface area contributed by atoms with E-state index in [-0.39, 0.29) is 34.2 Å². The Morgan fingerprint density at radius 3 is 2.47 bits per heavy atom. The molecule has 3 aromatic rings. The van der Waals surface area contributed by atoms with E-state index < -0.39 is 17.8 Å². The van der Waals surface area contributed by atoms with Crippen LogP contribution >= 0.6 is 0 Å². The van der Waals surface area contributed by atoms with Crippen molar-refractivity contribution in [3.63, 3.8) is 0 Å². The molecule has 1 aromatic carbocycles. The highest BCUT2D eigenvalue weighted by Crippen LogP contribution is 2.35. The number of ether oxygens (including phenoxy) is 2. The number of carbonyl (C=O) groups excluding carboxylic acids is 1. The summed E-state index contributed by atoms with van der Waals surface area (Å²) in [5, 5.41) is 6.82. The van der Waals surface area contributed by atoms with Crippen LogP contribution in [0.15, 0.2) is 40.0 Å². The molecule has 0 fully saturated rings. The van der Waals surface area contributed by atoms with Crippen molar-refractivity contribution in [2.75, 3.05) is 33.2 Å². The third kappa shape index (κ3) is 5.24. The van der Waals surface area contributed by atoms with Crippen molar-refractivity contribution >= 4 is 17.5 Å². The third-order valence-corrected chi connectivity index (χ3v) is 4.32. The fraction of sp³-hybridized carbons (Fsp3) is 0.286. The van der Waals surface area contributed by atoms with Gasteiger partial charge in [0.15, 0.2) is 11.5 Å². The normalized spacial score (nSPS) is 11.8. The number of esters is 1. The van der Waals surface area contributed by atoms with Gasteiger partial charge in [0.2, 0.25) is 11.6 Å². The summed E-state index contributed by atoms with van der Waals surface area (Å²) in [7, 11) is 5.82. The van der Waals surface area contributed by atoms with Gasteiger partial charge in [-0.15, -0.1) is 0 Å². The van der Waals surface area contributed by atoms with Crippen LogP contribution in [0.5, 0.6) is 11.6 Å². The third-order valence-electron chi connectivity index (χ3n) is 4.32. The molecular weight excluding hydrogens is 459 g/mol. The molecule has 2 heterocycles. The predicted molar refractivity (Wildman–Crippen MR) is 114 cm³/mol. The summed E-state index contributed by atoms with van der Waals surface area (Å²) in [5.41, 5.74) is -1.03. The van der Waals surface area contributed by atoms with E-state index in [9.17, 15) is 18.0 Å². The molecule has 10 nitrogen and oxygen atoms in total. The van der Waals surface area contributed by atoms with Crippen molar-refractivity contribution in [3.05, 3.63) is 47.4 Å². The number of anilines is 1. The first-order valence-electron chi connectivity index (χ1n) is 9.63.